The van der Waals surface area contributed by atoms with Gasteiger partial charge in [-0.25, -0.2) is 0 Å². The number of rotatable bonds is 48. The Balaban J connectivity index is 4.27. The molecule has 0 aliphatic carbocycles. The Labute approximate surface area is 367 Å². The smallest absolute Gasteiger partial charge is 0.306 e. The minimum atomic E-state index is -0.767. The van der Waals surface area contributed by atoms with Gasteiger partial charge >= 0.3 is 17.9 Å². The van der Waals surface area contributed by atoms with Gasteiger partial charge in [0.1, 0.15) is 13.2 Å². The van der Waals surface area contributed by atoms with Gasteiger partial charge in [0.05, 0.1) is 0 Å². The quantitative estimate of drug-likeness (QED) is 0.0263. The van der Waals surface area contributed by atoms with E-state index in [2.05, 4.69) is 32.9 Å². The van der Waals surface area contributed by atoms with Crippen molar-refractivity contribution in [2.24, 2.45) is 0 Å². The van der Waals surface area contributed by atoms with E-state index in [9.17, 15) is 14.4 Å². The zero-order chi connectivity index (χ0) is 43.0. The van der Waals surface area contributed by atoms with Gasteiger partial charge in [-0.15, -0.1) is 0 Å². The van der Waals surface area contributed by atoms with Crippen LogP contribution >= 0.6 is 0 Å². The van der Waals surface area contributed by atoms with E-state index in [0.29, 0.717) is 19.3 Å². The van der Waals surface area contributed by atoms with Crippen LogP contribution in [0.3, 0.4) is 0 Å². The highest BCUT2D eigenvalue weighted by molar-refractivity contribution is 5.71. The van der Waals surface area contributed by atoms with E-state index in [1.807, 2.05) is 0 Å². The maximum absolute atomic E-state index is 12.8. The van der Waals surface area contributed by atoms with E-state index in [0.717, 1.165) is 64.2 Å². The molecule has 6 heteroatoms. The Morgan fingerprint density at radius 3 is 0.881 bits per heavy atom. The molecular weight excluding hydrogens is 733 g/mol. The molecule has 1 atom stereocenters. The predicted molar refractivity (Wildman–Crippen MR) is 252 cm³/mol. The molecule has 348 valence electrons. The van der Waals surface area contributed by atoms with Crippen LogP contribution in [0.5, 0.6) is 0 Å². The Hall–Kier alpha value is -1.85. The van der Waals surface area contributed by atoms with Crippen LogP contribution in [-0.2, 0) is 28.6 Å². The van der Waals surface area contributed by atoms with Gasteiger partial charge in [0.2, 0.25) is 0 Å². The number of ether oxygens (including phenoxy) is 3. The van der Waals surface area contributed by atoms with E-state index < -0.39 is 6.10 Å². The molecule has 0 saturated heterocycles. The minimum Gasteiger partial charge on any atom is -0.462 e. The third kappa shape index (κ3) is 47.1. The van der Waals surface area contributed by atoms with Gasteiger partial charge in [0.25, 0.3) is 0 Å². The summed E-state index contributed by atoms with van der Waals surface area (Å²) in [4.78, 5) is 37.9. The number of hydrogen-bond donors (Lipinski definition) is 0. The molecule has 0 aromatic rings. The van der Waals surface area contributed by atoms with Gasteiger partial charge < -0.3 is 14.2 Å². The summed E-state index contributed by atoms with van der Waals surface area (Å²) in [6.07, 6.45) is 53.4. The zero-order valence-corrected chi connectivity index (χ0v) is 39.8. The highest BCUT2D eigenvalue weighted by Crippen LogP contribution is 2.16. The maximum Gasteiger partial charge on any atom is 0.306 e. The molecule has 0 aromatic carbocycles. The van der Waals surface area contributed by atoms with E-state index in [1.54, 1.807) is 0 Å². The van der Waals surface area contributed by atoms with Gasteiger partial charge in [0.15, 0.2) is 6.10 Å². The van der Waals surface area contributed by atoms with Crippen molar-refractivity contribution in [2.75, 3.05) is 13.2 Å². The Morgan fingerprint density at radius 1 is 0.322 bits per heavy atom. The molecule has 0 aliphatic rings. The van der Waals surface area contributed by atoms with Crippen molar-refractivity contribution >= 4 is 17.9 Å². The minimum absolute atomic E-state index is 0.0681. The van der Waals surface area contributed by atoms with Crippen molar-refractivity contribution in [3.63, 3.8) is 0 Å². The summed E-state index contributed by atoms with van der Waals surface area (Å²) in [6.45, 7) is 6.64. The lowest BCUT2D eigenvalue weighted by molar-refractivity contribution is -0.167. The van der Waals surface area contributed by atoms with Crippen molar-refractivity contribution < 1.29 is 28.6 Å². The van der Waals surface area contributed by atoms with Crippen molar-refractivity contribution in [1.29, 1.82) is 0 Å². The highest BCUT2D eigenvalue weighted by Gasteiger charge is 2.19. The van der Waals surface area contributed by atoms with Crippen molar-refractivity contribution in [3.8, 4) is 0 Å². The number of allylic oxidation sites excluding steroid dienone is 2. The third-order valence-electron chi connectivity index (χ3n) is 11.8. The van der Waals surface area contributed by atoms with Crippen LogP contribution in [-0.4, -0.2) is 37.2 Å². The summed E-state index contributed by atoms with van der Waals surface area (Å²) in [5.74, 6) is -0.862. The fraction of sp³-hybridized carbons (Fsp3) is 0.906. The topological polar surface area (TPSA) is 78.9 Å². The highest BCUT2D eigenvalue weighted by atomic mass is 16.6. The Bertz CT molecular complexity index is 916. The summed E-state index contributed by atoms with van der Waals surface area (Å²) in [5.41, 5.74) is 0. The average Bonchev–Trinajstić information content (AvgIpc) is 3.23. The largest absolute Gasteiger partial charge is 0.462 e. The molecular formula is C53H100O6. The summed E-state index contributed by atoms with van der Waals surface area (Å²) in [7, 11) is 0. The fourth-order valence-electron chi connectivity index (χ4n) is 7.79. The second kappa shape index (κ2) is 48.8. The van der Waals surface area contributed by atoms with Crippen LogP contribution in [0.2, 0.25) is 0 Å². The van der Waals surface area contributed by atoms with E-state index >= 15 is 0 Å². The summed E-state index contributed by atoms with van der Waals surface area (Å²) in [5, 5.41) is 0. The average molecular weight is 833 g/mol. The van der Waals surface area contributed by atoms with Crippen LogP contribution < -0.4 is 0 Å². The predicted octanol–water partition coefficient (Wildman–Crippen LogP) is 17.0. The van der Waals surface area contributed by atoms with Crippen molar-refractivity contribution in [1.82, 2.24) is 0 Å². The monoisotopic (exact) mass is 833 g/mol. The van der Waals surface area contributed by atoms with Crippen LogP contribution in [0.4, 0.5) is 0 Å². The lowest BCUT2D eigenvalue weighted by Crippen LogP contribution is -2.30. The van der Waals surface area contributed by atoms with Gasteiger partial charge in [-0.1, -0.05) is 238 Å². The first-order valence-corrected chi connectivity index (χ1v) is 26.2. The lowest BCUT2D eigenvalue weighted by atomic mass is 10.0. The molecule has 6 nitrogen and oxygen atoms in total. The molecule has 0 aromatic heterocycles. The first-order chi connectivity index (χ1) is 29.0. The van der Waals surface area contributed by atoms with Gasteiger partial charge in [-0.3, -0.25) is 14.4 Å². The van der Waals surface area contributed by atoms with Crippen LogP contribution in [0.1, 0.15) is 290 Å². The Kier molecular flexibility index (Phi) is 47.3. The molecule has 0 unspecified atom stereocenters. The van der Waals surface area contributed by atoms with Gasteiger partial charge in [-0.2, -0.15) is 0 Å². The van der Waals surface area contributed by atoms with E-state index in [4.69, 9.17) is 14.2 Å². The second-order valence-electron chi connectivity index (χ2n) is 17.8. The molecule has 0 fully saturated rings. The van der Waals surface area contributed by atoms with Crippen LogP contribution in [0, 0.1) is 0 Å². The molecule has 0 N–H and O–H groups in total. The second-order valence-corrected chi connectivity index (χ2v) is 17.8. The van der Waals surface area contributed by atoms with Crippen LogP contribution in [0.15, 0.2) is 12.2 Å². The molecule has 0 aliphatic heterocycles. The van der Waals surface area contributed by atoms with E-state index in [1.165, 1.54) is 186 Å². The molecule has 0 rings (SSSR count). The molecule has 0 spiro atoms. The number of carbonyl (C=O) groups excluding carboxylic acids is 3. The molecule has 0 radical (unpaired) electrons. The first-order valence-electron chi connectivity index (χ1n) is 26.2. The molecule has 0 heterocycles. The summed E-state index contributed by atoms with van der Waals surface area (Å²) < 4.78 is 16.8. The Morgan fingerprint density at radius 2 is 0.559 bits per heavy atom. The van der Waals surface area contributed by atoms with E-state index in [-0.39, 0.29) is 31.1 Å². The number of esters is 3. The SMILES string of the molecule is CCCCC/C=C\CCCCCCCC(=O)O[C@H](COC(=O)CCCCCCCCCCCCC)COC(=O)CCCCCCCCCCCCCCCCCCCC. The molecule has 59 heavy (non-hydrogen) atoms. The summed E-state index contributed by atoms with van der Waals surface area (Å²) in [6, 6.07) is 0. The fourth-order valence-corrected chi connectivity index (χ4v) is 7.79. The number of hydrogen-bond acceptors (Lipinski definition) is 6. The lowest BCUT2D eigenvalue weighted by Gasteiger charge is -2.18. The third-order valence-corrected chi connectivity index (χ3v) is 11.8. The first kappa shape index (κ1) is 57.1. The zero-order valence-electron chi connectivity index (χ0n) is 39.8. The normalized spacial score (nSPS) is 12.0. The van der Waals surface area contributed by atoms with Crippen molar-refractivity contribution in [3.05, 3.63) is 12.2 Å². The number of unbranched alkanes of at least 4 members (excludes halogenated alkanes) is 35. The van der Waals surface area contributed by atoms with Crippen molar-refractivity contribution in [2.45, 2.75) is 297 Å². The molecule has 0 bridgehead atoms. The molecule has 0 saturated carbocycles. The maximum atomic E-state index is 12.8. The molecule has 0 amide bonds. The standard InChI is InChI=1S/C53H100O6/c1-4-7-10-13-16-19-22-24-25-26-27-28-29-32-34-37-40-43-46-52(55)58-49-50(48-57-51(54)45-42-39-36-33-30-21-18-15-12-9-6-3)59-53(56)47-44-41-38-35-31-23-20-17-14-11-8-5-2/h17,20,50H,4-16,18-19,21-49H2,1-3H3/b20-17-/t50-/m1/s1. The van der Waals surface area contributed by atoms with Crippen LogP contribution in [0.25, 0.3) is 0 Å². The number of carbonyl (C=O) groups is 3. The summed E-state index contributed by atoms with van der Waals surface area (Å²) >= 11 is 0. The van der Waals surface area contributed by atoms with Gasteiger partial charge in [0, 0.05) is 19.3 Å². The van der Waals surface area contributed by atoms with Gasteiger partial charge in [-0.05, 0) is 44.9 Å².